The van der Waals surface area contributed by atoms with Gasteiger partial charge in [-0.2, -0.15) is 8.42 Å². The molecule has 1 aromatic carbocycles. The Morgan fingerprint density at radius 2 is 1.73 bits per heavy atom. The fraction of sp³-hybridized carbons (Fsp3) is 0.417. The summed E-state index contributed by atoms with van der Waals surface area (Å²) in [5.74, 6) is -1.71. The van der Waals surface area contributed by atoms with E-state index in [1.807, 2.05) is 0 Å². The van der Waals surface area contributed by atoms with Gasteiger partial charge in [-0.25, -0.2) is 8.78 Å². The molecule has 0 radical (unpaired) electrons. The van der Waals surface area contributed by atoms with E-state index in [0.717, 1.165) is 25.0 Å². The van der Waals surface area contributed by atoms with Crippen molar-refractivity contribution in [2.45, 2.75) is 19.3 Å². The van der Waals surface area contributed by atoms with Gasteiger partial charge in [-0.3, -0.25) is 4.79 Å². The molecule has 1 aliphatic rings. The predicted molar refractivity (Wildman–Crippen MR) is 79.7 cm³/mol. The van der Waals surface area contributed by atoms with Crippen molar-refractivity contribution in [3.05, 3.63) is 23.8 Å². The van der Waals surface area contributed by atoms with Crippen LogP contribution >= 0.6 is 21.4 Å². The second-order valence-electron chi connectivity index (χ2n) is 4.29. The molecule has 5 nitrogen and oxygen atoms in total. The van der Waals surface area contributed by atoms with E-state index < -0.39 is 19.9 Å². The first-order valence-corrected chi connectivity index (χ1v) is 9.25. The smallest absolute Gasteiger partial charge is 0.317 e. The van der Waals surface area contributed by atoms with Crippen LogP contribution in [0.15, 0.2) is 12.1 Å². The van der Waals surface area contributed by atoms with Gasteiger partial charge in [-0.05, 0) is 25.0 Å². The van der Waals surface area contributed by atoms with Gasteiger partial charge in [-0.15, -0.1) is 0 Å². The van der Waals surface area contributed by atoms with Gasteiger partial charge in [0.25, 0.3) is 0 Å². The summed E-state index contributed by atoms with van der Waals surface area (Å²) in [6.45, 7) is 0.398. The Morgan fingerprint density at radius 1 is 1.18 bits per heavy atom. The maximum absolute atomic E-state index is 13.7. The van der Waals surface area contributed by atoms with E-state index in [2.05, 4.69) is 21.4 Å². The first-order chi connectivity index (χ1) is 10.1. The van der Waals surface area contributed by atoms with E-state index in [9.17, 15) is 13.6 Å². The first-order valence-electron chi connectivity index (χ1n) is 6.11. The van der Waals surface area contributed by atoms with Crippen LogP contribution in [0.1, 0.15) is 19.3 Å². The Bertz CT molecular complexity index is 647. The highest BCUT2D eigenvalue weighted by atomic mass is 36.0. The first kappa shape index (κ1) is 18.9. The normalized spacial score (nSPS) is 15.1. The van der Waals surface area contributed by atoms with Crippen molar-refractivity contribution >= 4 is 41.2 Å². The number of hydrogen-bond donors (Lipinski definition) is 0. The number of anilines is 1. The summed E-state index contributed by atoms with van der Waals surface area (Å²) in [5, 5.41) is 0. The van der Waals surface area contributed by atoms with Crippen LogP contribution in [0, 0.1) is 11.6 Å². The molecule has 0 spiro atoms. The molecule has 1 amide bonds. The molecule has 1 heterocycles. The van der Waals surface area contributed by atoms with Crippen molar-refractivity contribution < 1.29 is 26.7 Å². The number of carbonyl (C=O) groups is 1. The van der Waals surface area contributed by atoms with Gasteiger partial charge in [0.15, 0.2) is 17.4 Å². The largest absolute Gasteiger partial charge is 0.491 e. The number of carbonyl (C=O) groups excluding carboxylic acids is 1. The number of methoxy groups -OCH3 is 1. The topological polar surface area (TPSA) is 63.7 Å². The standard InChI is InChI=1S/C12H13F2NO2.Cl2O2S/c1-17-12-9(14)6-5-8(13)11(12)15-7-3-2-4-10(15)16;1-5(2,3)4/h5-6H,2-4,7H2,1H3;. The molecule has 0 N–H and O–H groups in total. The molecular weight excluding hydrogens is 363 g/mol. The van der Waals surface area contributed by atoms with Crippen molar-refractivity contribution in [2.75, 3.05) is 18.6 Å². The number of benzene rings is 1. The Labute approximate surface area is 135 Å². The van der Waals surface area contributed by atoms with E-state index >= 15 is 0 Å². The fourth-order valence-corrected chi connectivity index (χ4v) is 2.01. The number of piperidine rings is 1. The fourth-order valence-electron chi connectivity index (χ4n) is 2.01. The minimum absolute atomic E-state index is 0.0859. The molecule has 1 aromatic rings. The predicted octanol–water partition coefficient (Wildman–Crippen LogP) is 3.20. The molecule has 0 bridgehead atoms. The van der Waals surface area contributed by atoms with E-state index in [-0.39, 0.29) is 17.3 Å². The van der Waals surface area contributed by atoms with E-state index in [4.69, 9.17) is 13.2 Å². The highest BCUT2D eigenvalue weighted by Gasteiger charge is 2.27. The van der Waals surface area contributed by atoms with Crippen LogP contribution in [0.3, 0.4) is 0 Å². The molecular formula is C12H13Cl2F2NO4S. The van der Waals surface area contributed by atoms with Crippen molar-refractivity contribution in [2.24, 2.45) is 0 Å². The van der Waals surface area contributed by atoms with Crippen molar-refractivity contribution in [3.8, 4) is 5.75 Å². The second-order valence-corrected chi connectivity index (χ2v) is 7.96. The molecule has 1 aliphatic heterocycles. The lowest BCUT2D eigenvalue weighted by molar-refractivity contribution is -0.119. The van der Waals surface area contributed by atoms with Gasteiger partial charge >= 0.3 is 8.26 Å². The Kier molecular flexibility index (Phi) is 6.83. The summed E-state index contributed by atoms with van der Waals surface area (Å²) < 4.78 is 50.4. The van der Waals surface area contributed by atoms with E-state index in [1.165, 1.54) is 12.0 Å². The molecule has 0 aromatic heterocycles. The molecule has 0 saturated carbocycles. The van der Waals surface area contributed by atoms with Crippen molar-refractivity contribution in [1.82, 2.24) is 0 Å². The second kappa shape index (κ2) is 7.94. The third-order valence-electron chi connectivity index (χ3n) is 2.83. The Morgan fingerprint density at radius 3 is 2.23 bits per heavy atom. The van der Waals surface area contributed by atoms with Gasteiger partial charge < -0.3 is 9.64 Å². The third-order valence-corrected chi connectivity index (χ3v) is 2.83. The zero-order chi connectivity index (χ0) is 16.9. The average Bonchev–Trinajstić information content (AvgIpc) is 2.40. The van der Waals surface area contributed by atoms with Crippen LogP contribution in [-0.4, -0.2) is 28.0 Å². The quantitative estimate of drug-likeness (QED) is 0.744. The average molecular weight is 376 g/mol. The molecule has 1 fully saturated rings. The van der Waals surface area contributed by atoms with Crippen LogP contribution in [0.5, 0.6) is 5.75 Å². The van der Waals surface area contributed by atoms with Crippen molar-refractivity contribution in [1.29, 1.82) is 0 Å². The third kappa shape index (κ3) is 5.58. The van der Waals surface area contributed by atoms with E-state index in [0.29, 0.717) is 13.0 Å². The van der Waals surface area contributed by atoms with Crippen LogP contribution in [0.25, 0.3) is 0 Å². The zero-order valence-corrected chi connectivity index (χ0v) is 13.8. The van der Waals surface area contributed by atoms with Gasteiger partial charge in [0.2, 0.25) is 5.91 Å². The molecule has 10 heteroatoms. The molecule has 22 heavy (non-hydrogen) atoms. The number of ether oxygens (including phenoxy) is 1. The minimum atomic E-state index is -3.72. The number of amides is 1. The van der Waals surface area contributed by atoms with Crippen molar-refractivity contribution in [3.63, 3.8) is 0 Å². The number of hydrogen-bond acceptors (Lipinski definition) is 4. The number of halogens is 4. The summed E-state index contributed by atoms with van der Waals surface area (Å²) in [4.78, 5) is 13.0. The summed E-state index contributed by atoms with van der Waals surface area (Å²) in [5.41, 5.74) is -0.0859. The lowest BCUT2D eigenvalue weighted by Gasteiger charge is -2.28. The van der Waals surface area contributed by atoms with Gasteiger partial charge in [0, 0.05) is 34.3 Å². The molecule has 0 aliphatic carbocycles. The molecule has 0 unspecified atom stereocenters. The lowest BCUT2D eigenvalue weighted by Crippen LogP contribution is -2.36. The van der Waals surface area contributed by atoms with Crippen LogP contribution in [0.4, 0.5) is 14.5 Å². The summed E-state index contributed by atoms with van der Waals surface area (Å²) >= 11 is 0. The monoisotopic (exact) mass is 375 g/mol. The van der Waals surface area contributed by atoms with Gasteiger partial charge in [0.05, 0.1) is 7.11 Å². The van der Waals surface area contributed by atoms with Gasteiger partial charge in [0.1, 0.15) is 5.69 Å². The van der Waals surface area contributed by atoms with Gasteiger partial charge in [-0.1, -0.05) is 0 Å². The van der Waals surface area contributed by atoms with Crippen LogP contribution in [-0.2, 0) is 13.1 Å². The maximum atomic E-state index is 13.7. The Hall–Kier alpha value is -1.12. The minimum Gasteiger partial charge on any atom is -0.491 e. The lowest BCUT2D eigenvalue weighted by atomic mass is 10.1. The Balaban J connectivity index is 0.000000422. The van der Waals surface area contributed by atoms with E-state index in [1.54, 1.807) is 0 Å². The zero-order valence-electron chi connectivity index (χ0n) is 11.5. The molecule has 0 atom stereocenters. The maximum Gasteiger partial charge on any atom is 0.317 e. The summed E-state index contributed by atoms with van der Waals surface area (Å²) in [7, 11) is 6.07. The highest BCUT2D eigenvalue weighted by molar-refractivity contribution is 8.31. The molecule has 2 rings (SSSR count). The highest BCUT2D eigenvalue weighted by Crippen LogP contribution is 2.35. The molecule has 124 valence electrons. The number of nitrogens with zero attached hydrogens (tertiary/aromatic N) is 1. The molecule has 1 saturated heterocycles. The van der Waals surface area contributed by atoms with Crippen LogP contribution in [0.2, 0.25) is 0 Å². The number of rotatable bonds is 2. The summed E-state index contributed by atoms with van der Waals surface area (Å²) in [6.07, 6.45) is 1.93. The SMILES string of the molecule is COc1c(F)ccc(F)c1N1CCCCC1=O.O=S(=O)(Cl)Cl. The van der Waals surface area contributed by atoms with Crippen LogP contribution < -0.4 is 9.64 Å². The summed E-state index contributed by atoms with van der Waals surface area (Å²) in [6, 6.07) is 2.00.